The molecule has 2 aromatic rings. The molecule has 2 aromatic carbocycles. The van der Waals surface area contributed by atoms with Crippen molar-refractivity contribution in [3.05, 3.63) is 53.1 Å². The lowest BCUT2D eigenvalue weighted by Gasteiger charge is -2.18. The Kier molecular flexibility index (Phi) is 2.61. The van der Waals surface area contributed by atoms with Crippen molar-refractivity contribution in [3.63, 3.8) is 0 Å². The molecule has 17 heavy (non-hydrogen) atoms. The number of rotatable bonds is 1. The molecule has 0 heterocycles. The van der Waals surface area contributed by atoms with Crippen LogP contribution in [0.5, 0.6) is 0 Å². The third-order valence-electron chi connectivity index (χ3n) is 3.48. The van der Waals surface area contributed by atoms with Gasteiger partial charge in [-0.05, 0) is 28.8 Å². The summed E-state index contributed by atoms with van der Waals surface area (Å²) in [7, 11) is 3.58. The molecule has 0 bridgehead atoms. The second kappa shape index (κ2) is 4.00. The highest BCUT2D eigenvalue weighted by atomic mass is 35.5. The summed E-state index contributed by atoms with van der Waals surface area (Å²) in [4.78, 5) is 0. The molecular formula is C15H12ClSi. The van der Waals surface area contributed by atoms with Crippen molar-refractivity contribution in [1.82, 2.24) is 0 Å². The Labute approximate surface area is 110 Å². The molecule has 83 valence electrons. The van der Waals surface area contributed by atoms with Gasteiger partial charge in [0.15, 0.2) is 0 Å². The maximum absolute atomic E-state index is 6.28. The largest absolute Gasteiger partial charge is 0.126 e. The Bertz CT molecular complexity index is 613. The predicted octanol–water partition coefficient (Wildman–Crippen LogP) is 4.07. The number of hydrogen-bond acceptors (Lipinski definition) is 0. The average molecular weight is 256 g/mol. The number of hydrogen-bond donors (Lipinski definition) is 0. The summed E-state index contributed by atoms with van der Waals surface area (Å²) in [5, 5.41) is 2.54. The van der Waals surface area contributed by atoms with Crippen LogP contribution in [-0.4, -0.2) is 15.2 Å². The summed E-state index contributed by atoms with van der Waals surface area (Å²) in [6.07, 6.45) is 2.24. The monoisotopic (exact) mass is 255 g/mol. The summed E-state index contributed by atoms with van der Waals surface area (Å²) >= 11 is 6.28. The Morgan fingerprint density at radius 1 is 1.18 bits per heavy atom. The van der Waals surface area contributed by atoms with Gasteiger partial charge in [-0.25, -0.2) is 0 Å². The number of benzene rings is 2. The van der Waals surface area contributed by atoms with Gasteiger partial charge in [0.2, 0.25) is 0 Å². The van der Waals surface area contributed by atoms with Crippen LogP contribution >= 0.6 is 11.6 Å². The van der Waals surface area contributed by atoms with Crippen LogP contribution in [0.25, 0.3) is 16.8 Å². The SMILES string of the molecule is CC1=Cc2ccc3ccccc3c2C1C([Si])Cl. The molecule has 3 radical (unpaired) electrons. The van der Waals surface area contributed by atoms with E-state index in [4.69, 9.17) is 11.6 Å². The minimum Gasteiger partial charge on any atom is -0.126 e. The van der Waals surface area contributed by atoms with E-state index in [1.54, 1.807) is 0 Å². The Morgan fingerprint density at radius 2 is 1.94 bits per heavy atom. The zero-order chi connectivity index (χ0) is 12.0. The maximum Gasteiger partial charge on any atom is 0.0500 e. The van der Waals surface area contributed by atoms with Gasteiger partial charge in [0.05, 0.1) is 10.2 Å². The van der Waals surface area contributed by atoms with E-state index in [0.29, 0.717) is 0 Å². The molecule has 3 rings (SSSR count). The molecule has 1 aliphatic carbocycles. The van der Waals surface area contributed by atoms with Gasteiger partial charge in [-0.2, -0.15) is 0 Å². The average Bonchev–Trinajstić information content (AvgIpc) is 2.65. The molecule has 0 saturated heterocycles. The Morgan fingerprint density at radius 3 is 2.71 bits per heavy atom. The van der Waals surface area contributed by atoms with Crippen LogP contribution in [-0.2, 0) is 0 Å². The van der Waals surface area contributed by atoms with Crippen LogP contribution in [0.2, 0.25) is 0 Å². The van der Waals surface area contributed by atoms with Gasteiger partial charge in [-0.15, -0.1) is 11.6 Å². The molecule has 1 aliphatic rings. The van der Waals surface area contributed by atoms with Crippen molar-refractivity contribution in [3.8, 4) is 0 Å². The minimum absolute atomic E-state index is 0.0571. The van der Waals surface area contributed by atoms with Crippen LogP contribution in [0.4, 0.5) is 0 Å². The van der Waals surface area contributed by atoms with Gasteiger partial charge in [0, 0.05) is 10.9 Å². The molecule has 2 atom stereocenters. The molecule has 0 fully saturated rings. The topological polar surface area (TPSA) is 0 Å². The van der Waals surface area contributed by atoms with E-state index in [9.17, 15) is 0 Å². The normalized spacial score (nSPS) is 20.2. The Hall–Kier alpha value is -1.05. The fourth-order valence-electron chi connectivity index (χ4n) is 2.73. The van der Waals surface area contributed by atoms with E-state index in [1.807, 2.05) is 0 Å². The molecule has 2 unspecified atom stereocenters. The molecule has 0 aliphatic heterocycles. The quantitative estimate of drug-likeness (QED) is 0.532. The van der Waals surface area contributed by atoms with E-state index in [-0.39, 0.29) is 10.9 Å². The lowest BCUT2D eigenvalue weighted by Crippen LogP contribution is -2.12. The van der Waals surface area contributed by atoms with Gasteiger partial charge >= 0.3 is 0 Å². The predicted molar refractivity (Wildman–Crippen MR) is 75.7 cm³/mol. The first-order valence-electron chi connectivity index (χ1n) is 5.73. The number of halogens is 1. The zero-order valence-corrected chi connectivity index (χ0v) is 11.3. The van der Waals surface area contributed by atoms with Crippen LogP contribution in [0.15, 0.2) is 42.0 Å². The van der Waals surface area contributed by atoms with Gasteiger partial charge in [-0.1, -0.05) is 48.0 Å². The van der Waals surface area contributed by atoms with Crippen molar-refractivity contribution in [2.75, 3.05) is 0 Å². The van der Waals surface area contributed by atoms with Crippen molar-refractivity contribution in [2.45, 2.75) is 17.8 Å². The van der Waals surface area contributed by atoms with Crippen LogP contribution in [0, 0.1) is 0 Å². The van der Waals surface area contributed by atoms with Crippen LogP contribution in [0.3, 0.4) is 0 Å². The lowest BCUT2D eigenvalue weighted by molar-refractivity contribution is 0.894. The third kappa shape index (κ3) is 1.65. The summed E-state index contributed by atoms with van der Waals surface area (Å²) < 4.78 is 0. The highest BCUT2D eigenvalue weighted by Crippen LogP contribution is 2.42. The molecule has 0 spiro atoms. The van der Waals surface area contributed by atoms with E-state index < -0.39 is 0 Å². The first-order valence-corrected chi connectivity index (χ1v) is 6.75. The van der Waals surface area contributed by atoms with Crippen molar-refractivity contribution >= 4 is 38.7 Å². The summed E-state index contributed by atoms with van der Waals surface area (Å²) in [6, 6.07) is 12.9. The smallest absolute Gasteiger partial charge is 0.0500 e. The van der Waals surface area contributed by atoms with Crippen molar-refractivity contribution < 1.29 is 0 Å². The second-order valence-electron chi connectivity index (χ2n) is 4.56. The first-order chi connectivity index (χ1) is 8.18. The summed E-state index contributed by atoms with van der Waals surface area (Å²) in [5.74, 6) is 0.273. The summed E-state index contributed by atoms with van der Waals surface area (Å²) in [6.45, 7) is 2.15. The van der Waals surface area contributed by atoms with Crippen molar-refractivity contribution in [2.24, 2.45) is 0 Å². The lowest BCUT2D eigenvalue weighted by atomic mass is 9.92. The van der Waals surface area contributed by atoms with E-state index in [2.05, 4.69) is 59.6 Å². The molecule has 0 nitrogen and oxygen atoms in total. The van der Waals surface area contributed by atoms with Gasteiger partial charge in [0.1, 0.15) is 0 Å². The number of alkyl halides is 1. The fourth-order valence-corrected chi connectivity index (χ4v) is 3.48. The van der Waals surface area contributed by atoms with E-state index in [0.717, 1.165) is 0 Å². The van der Waals surface area contributed by atoms with E-state index >= 15 is 0 Å². The molecule has 0 amide bonds. The van der Waals surface area contributed by atoms with Gasteiger partial charge in [0.25, 0.3) is 0 Å². The number of fused-ring (bicyclic) bond motifs is 3. The fraction of sp³-hybridized carbons (Fsp3) is 0.200. The van der Waals surface area contributed by atoms with Gasteiger partial charge in [-0.3, -0.25) is 0 Å². The zero-order valence-electron chi connectivity index (χ0n) is 9.57. The van der Waals surface area contributed by atoms with Crippen molar-refractivity contribution in [1.29, 1.82) is 0 Å². The standard InChI is InChI=1S/C15H12ClSi/c1-9-8-11-7-6-10-4-2-3-5-12(10)14(11)13(9)15(16)17/h2-8,13,15H,1H3. The van der Waals surface area contributed by atoms with Crippen LogP contribution in [0.1, 0.15) is 24.0 Å². The summed E-state index contributed by atoms with van der Waals surface area (Å²) in [5.41, 5.74) is 3.98. The highest BCUT2D eigenvalue weighted by molar-refractivity contribution is 6.41. The molecule has 0 N–H and O–H groups in total. The van der Waals surface area contributed by atoms with E-state index in [1.165, 1.54) is 27.5 Å². The molecule has 2 heteroatoms. The maximum atomic E-state index is 6.28. The third-order valence-corrected chi connectivity index (χ3v) is 4.07. The second-order valence-corrected chi connectivity index (χ2v) is 6.02. The van der Waals surface area contributed by atoms with Gasteiger partial charge < -0.3 is 0 Å². The first kappa shape index (κ1) is 11.1. The molecular weight excluding hydrogens is 244 g/mol. The highest BCUT2D eigenvalue weighted by Gasteiger charge is 2.27. The Balaban J connectivity index is 2.32. The molecule has 0 saturated carbocycles. The number of allylic oxidation sites excluding steroid dienone is 1. The molecule has 0 aromatic heterocycles. The van der Waals surface area contributed by atoms with Crippen LogP contribution < -0.4 is 0 Å². The minimum atomic E-state index is -0.0571.